The van der Waals surface area contributed by atoms with Crippen molar-refractivity contribution in [1.82, 2.24) is 4.98 Å². The molecule has 9 heteroatoms. The molecule has 0 aliphatic heterocycles. The number of pyridine rings is 1. The third kappa shape index (κ3) is 4.52. The van der Waals surface area contributed by atoms with Crippen LogP contribution < -0.4 is 10.5 Å². The van der Waals surface area contributed by atoms with Crippen LogP contribution >= 0.6 is 15.9 Å². The zero-order valence-electron chi connectivity index (χ0n) is 11.2. The minimum atomic E-state index is -4.03. The molecular formula is C13H12BrN3O4S. The Labute approximate surface area is 135 Å². The quantitative estimate of drug-likeness (QED) is 0.837. The van der Waals surface area contributed by atoms with E-state index >= 15 is 0 Å². The zero-order chi connectivity index (χ0) is 16.2. The van der Waals surface area contributed by atoms with Gasteiger partial charge in [-0.15, -0.1) is 0 Å². The number of nitrogens with two attached hydrogens (primary N) is 1. The average Bonchev–Trinajstić information content (AvgIpc) is 2.47. The number of rotatable bonds is 4. The second-order valence-corrected chi connectivity index (χ2v) is 6.68. The van der Waals surface area contributed by atoms with Crippen molar-refractivity contribution in [3.8, 4) is 0 Å². The molecule has 0 spiro atoms. The SMILES string of the molecule is NS(=O)(=O)c1cc(Br)cnc1NC(=O)OCc1ccccc1. The highest BCUT2D eigenvalue weighted by molar-refractivity contribution is 9.10. The number of halogens is 1. The van der Waals surface area contributed by atoms with Gasteiger partial charge in [0.05, 0.1) is 0 Å². The van der Waals surface area contributed by atoms with Gasteiger partial charge in [-0.2, -0.15) is 0 Å². The summed E-state index contributed by atoms with van der Waals surface area (Å²) in [6.07, 6.45) is 0.505. The lowest BCUT2D eigenvalue weighted by molar-refractivity contribution is 0.155. The first kappa shape index (κ1) is 16.4. The Morgan fingerprint density at radius 2 is 2.00 bits per heavy atom. The largest absolute Gasteiger partial charge is 0.444 e. The number of anilines is 1. The standard InChI is InChI=1S/C13H12BrN3O4S/c14-10-6-11(22(15,19)20)12(16-7-10)17-13(18)21-8-9-4-2-1-3-5-9/h1-7H,8H2,(H2,15,19,20)(H,16,17,18). The molecule has 0 unspecified atom stereocenters. The third-order valence-electron chi connectivity index (χ3n) is 2.56. The van der Waals surface area contributed by atoms with E-state index in [-0.39, 0.29) is 17.3 Å². The summed E-state index contributed by atoms with van der Waals surface area (Å²) in [6, 6.07) is 10.3. The van der Waals surface area contributed by atoms with Crippen LogP contribution in [0, 0.1) is 0 Å². The number of carbonyl (C=O) groups is 1. The fraction of sp³-hybridized carbons (Fsp3) is 0.0769. The highest BCUT2D eigenvalue weighted by Gasteiger charge is 2.18. The monoisotopic (exact) mass is 385 g/mol. The van der Waals surface area contributed by atoms with Crippen molar-refractivity contribution in [3.05, 3.63) is 52.6 Å². The van der Waals surface area contributed by atoms with Gasteiger partial charge >= 0.3 is 6.09 Å². The first-order valence-electron chi connectivity index (χ1n) is 6.02. The topological polar surface area (TPSA) is 111 Å². The molecular weight excluding hydrogens is 374 g/mol. The molecule has 0 radical (unpaired) electrons. The fourth-order valence-electron chi connectivity index (χ4n) is 1.59. The van der Waals surface area contributed by atoms with Gasteiger partial charge in [0.15, 0.2) is 5.82 Å². The molecule has 1 amide bonds. The molecule has 1 aromatic heterocycles. The minimum Gasteiger partial charge on any atom is -0.444 e. The molecule has 0 bridgehead atoms. The lowest BCUT2D eigenvalue weighted by Crippen LogP contribution is -2.20. The number of primary sulfonamides is 1. The molecule has 0 aliphatic rings. The molecule has 0 atom stereocenters. The van der Waals surface area contributed by atoms with Crippen molar-refractivity contribution in [2.24, 2.45) is 5.14 Å². The van der Waals surface area contributed by atoms with Gasteiger partial charge in [-0.1, -0.05) is 30.3 Å². The summed E-state index contributed by atoms with van der Waals surface area (Å²) in [5, 5.41) is 7.35. The highest BCUT2D eigenvalue weighted by atomic mass is 79.9. The van der Waals surface area contributed by atoms with Crippen molar-refractivity contribution in [2.45, 2.75) is 11.5 Å². The average molecular weight is 386 g/mol. The Hall–Kier alpha value is -1.97. The van der Waals surface area contributed by atoms with Crippen molar-refractivity contribution >= 4 is 37.9 Å². The van der Waals surface area contributed by atoms with Crippen molar-refractivity contribution in [2.75, 3.05) is 5.32 Å². The second-order valence-electron chi connectivity index (χ2n) is 4.23. The Balaban J connectivity index is 2.09. The Bertz CT molecular complexity index is 781. The molecule has 1 aromatic carbocycles. The summed E-state index contributed by atoms with van der Waals surface area (Å²) in [5.41, 5.74) is 0.799. The number of ether oxygens (including phenoxy) is 1. The van der Waals surface area contributed by atoms with Crippen molar-refractivity contribution in [3.63, 3.8) is 0 Å². The molecule has 0 saturated carbocycles. The molecule has 22 heavy (non-hydrogen) atoms. The number of hydrogen-bond acceptors (Lipinski definition) is 5. The van der Waals surface area contributed by atoms with Gasteiger partial charge in [-0.3, -0.25) is 5.32 Å². The third-order valence-corrected chi connectivity index (χ3v) is 3.92. The van der Waals surface area contributed by atoms with Gasteiger partial charge in [0, 0.05) is 10.7 Å². The molecule has 116 valence electrons. The molecule has 7 nitrogen and oxygen atoms in total. The molecule has 1 heterocycles. The van der Waals surface area contributed by atoms with Crippen LogP contribution in [0.25, 0.3) is 0 Å². The maximum atomic E-state index is 11.7. The van der Waals surface area contributed by atoms with Crippen LogP contribution in [0.1, 0.15) is 5.56 Å². The normalized spacial score (nSPS) is 11.0. The van der Waals surface area contributed by atoms with Crippen LogP contribution in [-0.2, 0) is 21.4 Å². The van der Waals surface area contributed by atoms with Crippen LogP contribution in [0.5, 0.6) is 0 Å². The van der Waals surface area contributed by atoms with Crippen LogP contribution in [0.3, 0.4) is 0 Å². The number of sulfonamides is 1. The van der Waals surface area contributed by atoms with Crippen LogP contribution in [0.4, 0.5) is 10.6 Å². The summed E-state index contributed by atoms with van der Waals surface area (Å²) < 4.78 is 28.4. The van der Waals surface area contributed by atoms with Gasteiger partial charge in [0.25, 0.3) is 0 Å². The Morgan fingerprint density at radius 1 is 1.32 bits per heavy atom. The summed E-state index contributed by atoms with van der Waals surface area (Å²) in [4.78, 5) is 15.2. The van der Waals surface area contributed by atoms with Gasteiger partial charge in [0.2, 0.25) is 10.0 Å². The molecule has 2 aromatic rings. The van der Waals surface area contributed by atoms with Crippen molar-refractivity contribution < 1.29 is 17.9 Å². The number of carbonyl (C=O) groups excluding carboxylic acids is 1. The minimum absolute atomic E-state index is 0.0495. The smallest absolute Gasteiger partial charge is 0.413 e. The summed E-state index contributed by atoms with van der Waals surface area (Å²) in [6.45, 7) is 0.0495. The summed E-state index contributed by atoms with van der Waals surface area (Å²) in [7, 11) is -4.03. The van der Waals surface area contributed by atoms with Crippen LogP contribution in [0.15, 0.2) is 52.0 Å². The van der Waals surface area contributed by atoms with E-state index < -0.39 is 16.1 Å². The van der Waals surface area contributed by atoms with E-state index in [1.807, 2.05) is 18.2 Å². The van der Waals surface area contributed by atoms with E-state index in [1.54, 1.807) is 12.1 Å². The predicted octanol–water partition coefficient (Wildman–Crippen LogP) is 2.24. The van der Waals surface area contributed by atoms with E-state index in [9.17, 15) is 13.2 Å². The summed E-state index contributed by atoms with van der Waals surface area (Å²) >= 11 is 3.09. The lowest BCUT2D eigenvalue weighted by Gasteiger charge is -2.09. The van der Waals surface area contributed by atoms with E-state index in [1.165, 1.54) is 12.3 Å². The Morgan fingerprint density at radius 3 is 2.64 bits per heavy atom. The van der Waals surface area contributed by atoms with E-state index in [0.717, 1.165) is 5.56 Å². The fourth-order valence-corrected chi connectivity index (χ4v) is 2.73. The number of benzene rings is 1. The number of amides is 1. The number of nitrogens with zero attached hydrogens (tertiary/aromatic N) is 1. The number of nitrogens with one attached hydrogen (secondary N) is 1. The molecule has 3 N–H and O–H groups in total. The van der Waals surface area contributed by atoms with Gasteiger partial charge < -0.3 is 4.74 Å². The van der Waals surface area contributed by atoms with Gasteiger partial charge in [-0.25, -0.2) is 23.3 Å². The molecule has 0 fully saturated rings. The first-order valence-corrected chi connectivity index (χ1v) is 8.36. The highest BCUT2D eigenvalue weighted by Crippen LogP contribution is 2.21. The van der Waals surface area contributed by atoms with Crippen molar-refractivity contribution in [1.29, 1.82) is 0 Å². The van der Waals surface area contributed by atoms with Crippen LogP contribution in [0.2, 0.25) is 0 Å². The molecule has 0 saturated heterocycles. The van der Waals surface area contributed by atoms with E-state index in [4.69, 9.17) is 9.88 Å². The van der Waals surface area contributed by atoms with E-state index in [2.05, 4.69) is 26.2 Å². The maximum absolute atomic E-state index is 11.7. The number of aromatic nitrogens is 1. The molecule has 2 rings (SSSR count). The zero-order valence-corrected chi connectivity index (χ0v) is 13.6. The van der Waals surface area contributed by atoms with E-state index in [0.29, 0.717) is 4.47 Å². The Kier molecular flexibility index (Phi) is 5.11. The van der Waals surface area contributed by atoms with Crippen LogP contribution in [-0.4, -0.2) is 19.5 Å². The maximum Gasteiger partial charge on any atom is 0.413 e. The summed E-state index contributed by atoms with van der Waals surface area (Å²) in [5.74, 6) is -0.191. The van der Waals surface area contributed by atoms with Gasteiger partial charge in [-0.05, 0) is 27.6 Å². The first-order chi connectivity index (χ1) is 10.4. The predicted molar refractivity (Wildman–Crippen MR) is 83.6 cm³/mol. The second kappa shape index (κ2) is 6.86. The molecule has 0 aliphatic carbocycles. The lowest BCUT2D eigenvalue weighted by atomic mass is 10.2. The number of hydrogen-bond donors (Lipinski definition) is 2. The van der Waals surface area contributed by atoms with Gasteiger partial charge in [0.1, 0.15) is 11.5 Å².